The fraction of sp³-hybridized carbons (Fsp3) is 0.577. The molecule has 0 spiro atoms. The average molecular weight is 426 g/mol. The Kier molecular flexibility index (Phi) is 6.80. The van der Waals surface area contributed by atoms with E-state index < -0.39 is 0 Å². The van der Waals surface area contributed by atoms with E-state index in [2.05, 4.69) is 53.6 Å². The van der Waals surface area contributed by atoms with Gasteiger partial charge in [0.25, 0.3) is 0 Å². The number of amides is 1. The Labute approximate surface area is 186 Å². The van der Waals surface area contributed by atoms with Gasteiger partial charge >= 0.3 is 0 Å². The lowest BCUT2D eigenvalue weighted by molar-refractivity contribution is -0.137. The van der Waals surface area contributed by atoms with Crippen LogP contribution in [0.15, 0.2) is 42.6 Å². The molecule has 0 N–H and O–H groups in total. The summed E-state index contributed by atoms with van der Waals surface area (Å²) in [5, 5.41) is 0. The number of carbonyl (C=O) groups excluding carboxylic acids is 1. The summed E-state index contributed by atoms with van der Waals surface area (Å²) in [5.41, 5.74) is 2.47. The quantitative estimate of drug-likeness (QED) is 0.637. The summed E-state index contributed by atoms with van der Waals surface area (Å²) in [6.07, 6.45) is 6.51. The molecule has 1 aromatic heterocycles. The van der Waals surface area contributed by atoms with E-state index in [1.165, 1.54) is 24.1 Å². The molecule has 2 atom stereocenters. The van der Waals surface area contributed by atoms with Gasteiger partial charge in [-0.1, -0.05) is 25.0 Å². The lowest BCUT2D eigenvalue weighted by Crippen LogP contribution is -2.44. The molecule has 1 saturated heterocycles. The fourth-order valence-corrected chi connectivity index (χ4v) is 5.47. The molecule has 2 aliphatic rings. The van der Waals surface area contributed by atoms with Gasteiger partial charge in [0, 0.05) is 63.0 Å². The normalized spacial score (nSPS) is 22.5. The zero-order valence-electron chi connectivity index (χ0n) is 19.1. The lowest BCUT2D eigenvalue weighted by atomic mass is 9.88. The molecule has 2 aromatic rings. The molecule has 2 fully saturated rings. The molecule has 2 heterocycles. The molecule has 4 nitrogen and oxygen atoms in total. The van der Waals surface area contributed by atoms with Crippen LogP contribution in [0.1, 0.15) is 56.7 Å². The highest BCUT2D eigenvalue weighted by Gasteiger charge is 2.38. The first-order valence-electron chi connectivity index (χ1n) is 11.8. The van der Waals surface area contributed by atoms with Gasteiger partial charge in [-0.05, 0) is 62.4 Å². The van der Waals surface area contributed by atoms with Crippen molar-refractivity contribution >= 4 is 5.91 Å². The van der Waals surface area contributed by atoms with E-state index in [1.807, 2.05) is 12.1 Å². The minimum absolute atomic E-state index is 0.195. The molecule has 0 radical (unpaired) electrons. The van der Waals surface area contributed by atoms with Gasteiger partial charge in [-0.25, -0.2) is 4.39 Å². The van der Waals surface area contributed by atoms with Crippen molar-refractivity contribution in [2.45, 2.75) is 58.0 Å². The van der Waals surface area contributed by atoms with Gasteiger partial charge < -0.3 is 9.47 Å². The maximum atomic E-state index is 13.6. The number of nitrogens with zero attached hydrogens (tertiary/aromatic N) is 3. The summed E-state index contributed by atoms with van der Waals surface area (Å²) < 4.78 is 15.7. The maximum Gasteiger partial charge on any atom is 0.225 e. The first-order chi connectivity index (χ1) is 14.9. The van der Waals surface area contributed by atoms with E-state index >= 15 is 0 Å². The first kappa shape index (κ1) is 22.1. The smallest absolute Gasteiger partial charge is 0.225 e. The third kappa shape index (κ3) is 5.03. The van der Waals surface area contributed by atoms with Crippen molar-refractivity contribution in [3.63, 3.8) is 0 Å². The minimum atomic E-state index is -0.195. The number of aryl methyl sites for hydroxylation is 1. The maximum absolute atomic E-state index is 13.6. The van der Waals surface area contributed by atoms with Crippen LogP contribution in [-0.4, -0.2) is 46.0 Å². The molecule has 1 amide bonds. The second kappa shape index (κ2) is 9.56. The molecule has 1 aliphatic heterocycles. The van der Waals surface area contributed by atoms with Crippen molar-refractivity contribution in [3.05, 3.63) is 59.7 Å². The second-order valence-corrected chi connectivity index (χ2v) is 9.79. The monoisotopic (exact) mass is 425 g/mol. The molecule has 1 saturated carbocycles. The van der Waals surface area contributed by atoms with Crippen molar-refractivity contribution in [2.24, 2.45) is 18.9 Å². The SMILES string of the molecule is CC(C)N(CC1CN(Cc2cccn2C)CC1c1ccc(F)cc1)C(=O)C1CCCC1. The highest BCUT2D eigenvalue weighted by atomic mass is 19.1. The fourth-order valence-electron chi connectivity index (χ4n) is 5.47. The number of aromatic nitrogens is 1. The van der Waals surface area contributed by atoms with Gasteiger partial charge in [-0.15, -0.1) is 0 Å². The number of halogens is 1. The molecular weight excluding hydrogens is 389 g/mol. The Bertz CT molecular complexity index is 869. The molecule has 4 rings (SSSR count). The third-order valence-electron chi connectivity index (χ3n) is 7.29. The molecular formula is C26H36FN3O. The summed E-state index contributed by atoms with van der Waals surface area (Å²) in [7, 11) is 2.08. The van der Waals surface area contributed by atoms with Gasteiger partial charge in [0.1, 0.15) is 5.82 Å². The number of hydrogen-bond acceptors (Lipinski definition) is 2. The largest absolute Gasteiger partial charge is 0.353 e. The molecule has 0 bridgehead atoms. The van der Waals surface area contributed by atoms with Gasteiger partial charge in [0.05, 0.1) is 0 Å². The second-order valence-electron chi connectivity index (χ2n) is 9.79. The van der Waals surface area contributed by atoms with Crippen LogP contribution in [0.25, 0.3) is 0 Å². The number of benzene rings is 1. The van der Waals surface area contributed by atoms with E-state index in [0.717, 1.165) is 39.0 Å². The predicted octanol–water partition coefficient (Wildman–Crippen LogP) is 4.81. The molecule has 168 valence electrons. The van der Waals surface area contributed by atoms with E-state index in [4.69, 9.17) is 0 Å². The van der Waals surface area contributed by atoms with E-state index in [1.54, 1.807) is 12.1 Å². The number of carbonyl (C=O) groups is 1. The van der Waals surface area contributed by atoms with E-state index in [-0.39, 0.29) is 17.8 Å². The Morgan fingerprint density at radius 3 is 2.45 bits per heavy atom. The zero-order valence-corrected chi connectivity index (χ0v) is 19.1. The Morgan fingerprint density at radius 2 is 1.84 bits per heavy atom. The van der Waals surface area contributed by atoms with Crippen LogP contribution in [0.5, 0.6) is 0 Å². The molecule has 5 heteroatoms. The van der Waals surface area contributed by atoms with Crippen LogP contribution >= 0.6 is 0 Å². The van der Waals surface area contributed by atoms with Gasteiger partial charge in [0.2, 0.25) is 5.91 Å². The summed E-state index contributed by atoms with van der Waals surface area (Å²) >= 11 is 0. The van der Waals surface area contributed by atoms with Gasteiger partial charge in [0.15, 0.2) is 0 Å². The van der Waals surface area contributed by atoms with Crippen LogP contribution in [0.3, 0.4) is 0 Å². The lowest BCUT2D eigenvalue weighted by Gasteiger charge is -2.33. The predicted molar refractivity (Wildman–Crippen MR) is 122 cm³/mol. The van der Waals surface area contributed by atoms with Gasteiger partial charge in [-0.2, -0.15) is 0 Å². The van der Waals surface area contributed by atoms with E-state index in [9.17, 15) is 9.18 Å². The Morgan fingerprint density at radius 1 is 1.13 bits per heavy atom. The standard InChI is InChI=1S/C26H36FN3O/c1-19(2)30(26(31)21-7-4-5-8-21)16-22-15-29(17-24-9-6-14-28(24)3)18-25(22)20-10-12-23(27)13-11-20/h6,9-14,19,21-22,25H,4-5,7-8,15-18H2,1-3H3. The van der Waals surface area contributed by atoms with Crippen molar-refractivity contribution in [3.8, 4) is 0 Å². The minimum Gasteiger partial charge on any atom is -0.353 e. The molecule has 1 aromatic carbocycles. The third-order valence-corrected chi connectivity index (χ3v) is 7.29. The highest BCUT2D eigenvalue weighted by molar-refractivity contribution is 5.79. The van der Waals surface area contributed by atoms with Gasteiger partial charge in [-0.3, -0.25) is 9.69 Å². The summed E-state index contributed by atoms with van der Waals surface area (Å²) in [6.45, 7) is 7.83. The van der Waals surface area contributed by atoms with Crippen LogP contribution in [0.2, 0.25) is 0 Å². The van der Waals surface area contributed by atoms with Crippen molar-refractivity contribution < 1.29 is 9.18 Å². The van der Waals surface area contributed by atoms with Crippen molar-refractivity contribution in [2.75, 3.05) is 19.6 Å². The highest BCUT2D eigenvalue weighted by Crippen LogP contribution is 2.36. The summed E-state index contributed by atoms with van der Waals surface area (Å²) in [6, 6.07) is 11.4. The number of hydrogen-bond donors (Lipinski definition) is 0. The van der Waals surface area contributed by atoms with Crippen LogP contribution in [-0.2, 0) is 18.4 Å². The number of likely N-dealkylation sites (tertiary alicyclic amines) is 1. The Balaban J connectivity index is 1.54. The zero-order chi connectivity index (χ0) is 22.0. The first-order valence-corrected chi connectivity index (χ1v) is 11.8. The van der Waals surface area contributed by atoms with Crippen molar-refractivity contribution in [1.29, 1.82) is 0 Å². The van der Waals surface area contributed by atoms with Crippen LogP contribution < -0.4 is 0 Å². The van der Waals surface area contributed by atoms with E-state index in [0.29, 0.717) is 17.7 Å². The van der Waals surface area contributed by atoms with Crippen molar-refractivity contribution in [1.82, 2.24) is 14.4 Å². The summed E-state index contributed by atoms with van der Waals surface area (Å²) in [4.78, 5) is 17.9. The Hall–Kier alpha value is -2.14. The molecule has 31 heavy (non-hydrogen) atoms. The number of rotatable bonds is 7. The summed E-state index contributed by atoms with van der Waals surface area (Å²) in [5.74, 6) is 0.995. The topological polar surface area (TPSA) is 28.5 Å². The van der Waals surface area contributed by atoms with Crippen LogP contribution in [0.4, 0.5) is 4.39 Å². The van der Waals surface area contributed by atoms with Crippen LogP contribution in [0, 0.1) is 17.7 Å². The molecule has 1 aliphatic carbocycles. The molecule has 2 unspecified atom stereocenters. The average Bonchev–Trinajstić information content (AvgIpc) is 3.49.